The van der Waals surface area contributed by atoms with Crippen molar-refractivity contribution in [3.8, 4) is 11.5 Å². The van der Waals surface area contributed by atoms with E-state index < -0.39 is 0 Å². The number of fused-ring (bicyclic) bond motifs is 1. The Morgan fingerprint density at radius 2 is 1.97 bits per heavy atom. The van der Waals surface area contributed by atoms with Crippen LogP contribution in [-0.4, -0.2) is 21.7 Å². The quantitative estimate of drug-likeness (QED) is 0.306. The lowest BCUT2D eigenvalue weighted by atomic mass is 10.0. The second-order valence-corrected chi connectivity index (χ2v) is 9.31. The number of Topliss-reactive ketones (excluding diaryl/α,β-unsaturated/α-hetero) is 1. The fraction of sp³-hybridized carbons (Fsp3) is 0.214. The van der Waals surface area contributed by atoms with Crippen LogP contribution in [0.2, 0.25) is 5.02 Å². The van der Waals surface area contributed by atoms with E-state index in [9.17, 15) is 9.59 Å². The summed E-state index contributed by atoms with van der Waals surface area (Å²) in [4.78, 5) is 33.6. The van der Waals surface area contributed by atoms with Gasteiger partial charge in [-0.3, -0.25) is 19.6 Å². The molecular weight excluding hydrogens is 462 g/mol. The first-order valence-electron chi connectivity index (χ1n) is 11.5. The van der Waals surface area contributed by atoms with Crippen LogP contribution in [0.3, 0.4) is 0 Å². The van der Waals surface area contributed by atoms with Gasteiger partial charge in [-0.15, -0.1) is 0 Å². The highest BCUT2D eigenvalue weighted by Crippen LogP contribution is 2.35. The number of hydrogen-bond acceptors (Lipinski definition) is 5. The van der Waals surface area contributed by atoms with Crippen molar-refractivity contribution in [1.82, 2.24) is 9.97 Å². The molecule has 0 atom stereocenters. The molecule has 0 radical (unpaired) electrons. The average Bonchev–Trinajstić information content (AvgIpc) is 3.65. The molecule has 1 aliphatic carbocycles. The van der Waals surface area contributed by atoms with Gasteiger partial charge in [0.1, 0.15) is 17.3 Å². The minimum absolute atomic E-state index is 0.218. The van der Waals surface area contributed by atoms with Gasteiger partial charge >= 0.3 is 0 Å². The fourth-order valence-corrected chi connectivity index (χ4v) is 4.27. The molecule has 0 aliphatic heterocycles. The zero-order chi connectivity index (χ0) is 24.4. The first-order chi connectivity index (χ1) is 17.0. The number of pyridine rings is 2. The van der Waals surface area contributed by atoms with Gasteiger partial charge in [0.2, 0.25) is 0 Å². The molecule has 1 N–H and O–H groups in total. The first-order valence-corrected chi connectivity index (χ1v) is 11.9. The van der Waals surface area contributed by atoms with Crippen molar-refractivity contribution in [3.63, 3.8) is 0 Å². The number of carbonyl (C=O) groups is 2. The Bertz CT molecular complexity index is 1420. The van der Waals surface area contributed by atoms with E-state index in [1.165, 1.54) is 0 Å². The lowest BCUT2D eigenvalue weighted by Crippen LogP contribution is -2.13. The van der Waals surface area contributed by atoms with Crippen molar-refractivity contribution < 1.29 is 14.3 Å². The van der Waals surface area contributed by atoms with Crippen molar-refractivity contribution in [3.05, 3.63) is 88.8 Å². The van der Waals surface area contributed by atoms with Gasteiger partial charge in [0.15, 0.2) is 0 Å². The van der Waals surface area contributed by atoms with E-state index in [0.29, 0.717) is 57.4 Å². The van der Waals surface area contributed by atoms with E-state index in [1.807, 2.05) is 25.1 Å². The van der Waals surface area contributed by atoms with Gasteiger partial charge in [-0.2, -0.15) is 0 Å². The maximum atomic E-state index is 12.9. The van der Waals surface area contributed by atoms with Gasteiger partial charge in [-0.05, 0) is 79.3 Å². The average molecular weight is 486 g/mol. The summed E-state index contributed by atoms with van der Waals surface area (Å²) in [6.45, 7) is 1.87. The van der Waals surface area contributed by atoms with E-state index in [-0.39, 0.29) is 11.7 Å². The minimum atomic E-state index is -0.240. The summed E-state index contributed by atoms with van der Waals surface area (Å²) in [6.07, 6.45) is 8.18. The van der Waals surface area contributed by atoms with E-state index in [2.05, 4.69) is 15.3 Å². The Balaban J connectivity index is 1.39. The predicted octanol–water partition coefficient (Wildman–Crippen LogP) is 6.55. The Hall–Kier alpha value is -3.77. The Morgan fingerprint density at radius 1 is 1.11 bits per heavy atom. The molecule has 1 saturated carbocycles. The standard InChI is InChI=1S/C28H24ClN3O3/c1-17-11-26-24(15-23(17)28(34)32-20-3-2-9-30-16-20)27(8-10-31-26)35-22-7-6-19(25(29)14-22)13-21(33)12-18-4-5-18/h2-3,6-11,14-16,18H,4-5,12-13H2,1H3,(H,32,34). The number of aromatic nitrogens is 2. The molecule has 35 heavy (non-hydrogen) atoms. The predicted molar refractivity (Wildman–Crippen MR) is 136 cm³/mol. The summed E-state index contributed by atoms with van der Waals surface area (Å²) in [5, 5.41) is 4.07. The van der Waals surface area contributed by atoms with Crippen LogP contribution < -0.4 is 10.1 Å². The third-order valence-electron chi connectivity index (χ3n) is 6.06. The Kier molecular flexibility index (Phi) is 6.47. The number of nitrogens with one attached hydrogen (secondary N) is 1. The SMILES string of the molecule is Cc1cc2nccc(Oc3ccc(CC(=O)CC4CC4)c(Cl)c3)c2cc1C(=O)Nc1cccnc1. The number of benzene rings is 2. The molecule has 2 heterocycles. The van der Waals surface area contributed by atoms with Crippen molar-refractivity contribution in [2.24, 2.45) is 5.92 Å². The van der Waals surface area contributed by atoms with E-state index in [0.717, 1.165) is 24.0 Å². The van der Waals surface area contributed by atoms with E-state index in [1.54, 1.807) is 48.9 Å². The van der Waals surface area contributed by atoms with Crippen LogP contribution in [0.15, 0.2) is 67.1 Å². The van der Waals surface area contributed by atoms with Crippen LogP contribution in [0.4, 0.5) is 5.69 Å². The summed E-state index contributed by atoms with van der Waals surface area (Å²) in [7, 11) is 0. The normalized spacial score (nSPS) is 13.0. The third kappa shape index (κ3) is 5.49. The van der Waals surface area contributed by atoms with Crippen LogP contribution in [0.25, 0.3) is 10.9 Å². The van der Waals surface area contributed by atoms with Crippen LogP contribution in [0, 0.1) is 12.8 Å². The molecule has 6 nitrogen and oxygen atoms in total. The zero-order valence-electron chi connectivity index (χ0n) is 19.3. The van der Waals surface area contributed by atoms with E-state index >= 15 is 0 Å². The monoisotopic (exact) mass is 485 g/mol. The summed E-state index contributed by atoms with van der Waals surface area (Å²) >= 11 is 6.47. The number of amides is 1. The van der Waals surface area contributed by atoms with Crippen molar-refractivity contribution in [2.75, 3.05) is 5.32 Å². The molecule has 1 fully saturated rings. The first kappa shape index (κ1) is 23.0. The number of carbonyl (C=O) groups excluding carboxylic acids is 2. The lowest BCUT2D eigenvalue weighted by Gasteiger charge is -2.13. The third-order valence-corrected chi connectivity index (χ3v) is 6.42. The molecule has 1 aliphatic rings. The number of hydrogen-bond donors (Lipinski definition) is 1. The molecule has 176 valence electrons. The molecule has 7 heteroatoms. The van der Waals surface area contributed by atoms with E-state index in [4.69, 9.17) is 16.3 Å². The number of anilines is 1. The van der Waals surface area contributed by atoms with Crippen LogP contribution in [0.5, 0.6) is 11.5 Å². The molecule has 2 aromatic carbocycles. The number of aryl methyl sites for hydroxylation is 1. The highest BCUT2D eigenvalue weighted by Gasteiger charge is 2.24. The second-order valence-electron chi connectivity index (χ2n) is 8.91. The zero-order valence-corrected chi connectivity index (χ0v) is 20.0. The topological polar surface area (TPSA) is 81.2 Å². The maximum Gasteiger partial charge on any atom is 0.255 e. The smallest absolute Gasteiger partial charge is 0.255 e. The molecule has 0 bridgehead atoms. The molecular formula is C28H24ClN3O3. The van der Waals surface area contributed by atoms with Crippen LogP contribution in [-0.2, 0) is 11.2 Å². The largest absolute Gasteiger partial charge is 0.457 e. The molecule has 0 saturated heterocycles. The van der Waals surface area contributed by atoms with Crippen molar-refractivity contribution in [2.45, 2.75) is 32.6 Å². The molecule has 0 spiro atoms. The lowest BCUT2D eigenvalue weighted by molar-refractivity contribution is -0.118. The molecule has 0 unspecified atom stereocenters. The summed E-state index contributed by atoms with van der Waals surface area (Å²) < 4.78 is 6.15. The van der Waals surface area contributed by atoms with Crippen LogP contribution >= 0.6 is 11.6 Å². The van der Waals surface area contributed by atoms with Crippen LogP contribution in [0.1, 0.15) is 40.7 Å². The van der Waals surface area contributed by atoms with Crippen molar-refractivity contribution >= 4 is 39.9 Å². The van der Waals surface area contributed by atoms with Gasteiger partial charge < -0.3 is 10.1 Å². The van der Waals surface area contributed by atoms with Gasteiger partial charge in [0.05, 0.1) is 17.4 Å². The number of halogens is 1. The Morgan fingerprint density at radius 3 is 2.71 bits per heavy atom. The fourth-order valence-electron chi connectivity index (χ4n) is 4.03. The highest BCUT2D eigenvalue weighted by atomic mass is 35.5. The Labute approximate surface area is 208 Å². The molecule has 5 rings (SSSR count). The number of ketones is 1. The van der Waals surface area contributed by atoms with Gasteiger partial charge in [-0.1, -0.05) is 17.7 Å². The van der Waals surface area contributed by atoms with Crippen molar-refractivity contribution in [1.29, 1.82) is 0 Å². The number of ether oxygens (including phenoxy) is 1. The van der Waals surface area contributed by atoms with Gasteiger partial charge in [0, 0.05) is 41.2 Å². The highest BCUT2D eigenvalue weighted by molar-refractivity contribution is 6.31. The molecule has 4 aromatic rings. The minimum Gasteiger partial charge on any atom is -0.457 e. The second kappa shape index (κ2) is 9.84. The van der Waals surface area contributed by atoms with Gasteiger partial charge in [0.25, 0.3) is 5.91 Å². The molecule has 2 aromatic heterocycles. The summed E-state index contributed by atoms with van der Waals surface area (Å²) in [6, 6.07) is 14.3. The number of nitrogens with zero attached hydrogens (tertiary/aromatic N) is 2. The summed E-state index contributed by atoms with van der Waals surface area (Å²) in [5.41, 5.74) is 3.44. The maximum absolute atomic E-state index is 12.9. The summed E-state index contributed by atoms with van der Waals surface area (Å²) in [5.74, 6) is 1.64. The van der Waals surface area contributed by atoms with Gasteiger partial charge in [-0.25, -0.2) is 0 Å². The molecule has 1 amide bonds. The number of rotatable bonds is 8.